The summed E-state index contributed by atoms with van der Waals surface area (Å²) >= 11 is 0. The normalized spacial score (nSPS) is 22.7. The molecule has 2 unspecified atom stereocenters. The molecule has 0 amide bonds. The number of hydrogen-bond acceptors (Lipinski definition) is 3. The highest BCUT2D eigenvalue weighted by Crippen LogP contribution is 2.27. The maximum absolute atomic E-state index is 9.95. The van der Waals surface area contributed by atoms with Gasteiger partial charge >= 0.3 is 0 Å². The second-order valence-corrected chi connectivity index (χ2v) is 6.13. The predicted octanol–water partition coefficient (Wildman–Crippen LogP) is 2.76. The Morgan fingerprint density at radius 1 is 1.29 bits per heavy atom. The lowest BCUT2D eigenvalue weighted by Crippen LogP contribution is -2.25. The molecule has 0 bridgehead atoms. The molecule has 2 aromatic heterocycles. The molecule has 0 aromatic carbocycles. The van der Waals surface area contributed by atoms with E-state index >= 15 is 0 Å². The summed E-state index contributed by atoms with van der Waals surface area (Å²) in [5.74, 6) is 0.524. The third-order valence-corrected chi connectivity index (χ3v) is 4.52. The van der Waals surface area contributed by atoms with Gasteiger partial charge in [-0.1, -0.05) is 18.9 Å². The van der Waals surface area contributed by atoms with Crippen molar-refractivity contribution in [2.24, 2.45) is 5.92 Å². The summed E-state index contributed by atoms with van der Waals surface area (Å²) in [5, 5.41) is 13.4. The average molecular weight is 287 g/mol. The molecule has 4 nitrogen and oxygen atoms in total. The zero-order valence-electron chi connectivity index (χ0n) is 12.5. The summed E-state index contributed by atoms with van der Waals surface area (Å²) in [6, 6.07) is 6.05. The van der Waals surface area contributed by atoms with Gasteiger partial charge in [0.1, 0.15) is 5.65 Å². The molecule has 0 spiro atoms. The topological polar surface area (TPSA) is 49.6 Å². The van der Waals surface area contributed by atoms with Crippen molar-refractivity contribution in [3.63, 3.8) is 0 Å². The first kappa shape index (κ1) is 14.5. The molecule has 3 rings (SSSR count). The van der Waals surface area contributed by atoms with E-state index in [1.54, 1.807) is 0 Å². The fraction of sp³-hybridized carbons (Fsp3) is 0.588. The van der Waals surface area contributed by atoms with E-state index < -0.39 is 0 Å². The van der Waals surface area contributed by atoms with Gasteiger partial charge in [0.2, 0.25) is 0 Å². The van der Waals surface area contributed by atoms with Crippen molar-refractivity contribution in [3.8, 4) is 0 Å². The number of nitrogens with one attached hydrogen (secondary N) is 1. The SMILES string of the molecule is OC1CCCCC1CCCNCc1cn2ccccc2n1. The van der Waals surface area contributed by atoms with Gasteiger partial charge in [0.15, 0.2) is 0 Å². The van der Waals surface area contributed by atoms with Crippen molar-refractivity contribution in [1.82, 2.24) is 14.7 Å². The van der Waals surface area contributed by atoms with Crippen LogP contribution in [0.3, 0.4) is 0 Å². The van der Waals surface area contributed by atoms with Crippen LogP contribution >= 0.6 is 0 Å². The van der Waals surface area contributed by atoms with Crippen molar-refractivity contribution in [2.45, 2.75) is 51.2 Å². The van der Waals surface area contributed by atoms with Gasteiger partial charge in [-0.25, -0.2) is 4.98 Å². The van der Waals surface area contributed by atoms with Crippen LogP contribution in [0.5, 0.6) is 0 Å². The third-order valence-electron chi connectivity index (χ3n) is 4.52. The number of aromatic nitrogens is 2. The van der Waals surface area contributed by atoms with Crippen molar-refractivity contribution >= 4 is 5.65 Å². The van der Waals surface area contributed by atoms with Crippen LogP contribution in [-0.4, -0.2) is 27.1 Å². The summed E-state index contributed by atoms with van der Waals surface area (Å²) in [4.78, 5) is 4.57. The number of rotatable bonds is 6. The molecule has 0 saturated heterocycles. The Bertz CT molecular complexity index is 533. The van der Waals surface area contributed by atoms with E-state index in [-0.39, 0.29) is 6.10 Å². The largest absolute Gasteiger partial charge is 0.393 e. The first-order valence-corrected chi connectivity index (χ1v) is 8.14. The molecule has 2 heterocycles. The van der Waals surface area contributed by atoms with Crippen LogP contribution in [0.4, 0.5) is 0 Å². The molecule has 0 radical (unpaired) electrons. The van der Waals surface area contributed by atoms with Crippen LogP contribution in [0.15, 0.2) is 30.6 Å². The average Bonchev–Trinajstić information content (AvgIpc) is 2.91. The van der Waals surface area contributed by atoms with Crippen LogP contribution in [0.25, 0.3) is 5.65 Å². The Kier molecular flexibility index (Phi) is 4.88. The van der Waals surface area contributed by atoms with Crippen molar-refractivity contribution in [2.75, 3.05) is 6.54 Å². The zero-order chi connectivity index (χ0) is 14.5. The molecular weight excluding hydrogens is 262 g/mol. The number of nitrogens with zero attached hydrogens (tertiary/aromatic N) is 2. The van der Waals surface area contributed by atoms with Gasteiger partial charge in [-0.15, -0.1) is 0 Å². The number of hydrogen-bond donors (Lipinski definition) is 2. The second kappa shape index (κ2) is 7.05. The molecule has 2 aromatic rings. The molecule has 2 N–H and O–H groups in total. The summed E-state index contributed by atoms with van der Waals surface area (Å²) in [5.41, 5.74) is 2.08. The third kappa shape index (κ3) is 3.83. The van der Waals surface area contributed by atoms with Gasteiger partial charge in [-0.05, 0) is 50.3 Å². The molecule has 1 saturated carbocycles. The van der Waals surface area contributed by atoms with Gasteiger partial charge in [-0.2, -0.15) is 0 Å². The summed E-state index contributed by atoms with van der Waals surface area (Å²) in [7, 11) is 0. The Morgan fingerprint density at radius 2 is 2.19 bits per heavy atom. The standard InChI is InChI=1S/C17H25N3O/c21-16-8-2-1-6-14(16)7-5-10-18-12-15-13-20-11-4-3-9-17(20)19-15/h3-4,9,11,13-14,16,18,21H,1-2,5-8,10,12H2. The van der Waals surface area contributed by atoms with Crippen LogP contribution < -0.4 is 5.32 Å². The van der Waals surface area contributed by atoms with E-state index in [0.29, 0.717) is 5.92 Å². The molecule has 1 aliphatic carbocycles. The number of aliphatic hydroxyl groups excluding tert-OH is 1. The number of fused-ring (bicyclic) bond motifs is 1. The second-order valence-electron chi connectivity index (χ2n) is 6.13. The van der Waals surface area contributed by atoms with Gasteiger partial charge < -0.3 is 14.8 Å². The lowest BCUT2D eigenvalue weighted by molar-refractivity contribution is 0.0643. The molecule has 0 aliphatic heterocycles. The fourth-order valence-corrected chi connectivity index (χ4v) is 3.30. The van der Waals surface area contributed by atoms with E-state index in [4.69, 9.17) is 0 Å². The molecule has 21 heavy (non-hydrogen) atoms. The Hall–Kier alpha value is -1.39. The van der Waals surface area contributed by atoms with Crippen LogP contribution in [0, 0.1) is 5.92 Å². The Morgan fingerprint density at radius 3 is 3.05 bits per heavy atom. The highest BCUT2D eigenvalue weighted by atomic mass is 16.3. The monoisotopic (exact) mass is 287 g/mol. The van der Waals surface area contributed by atoms with Crippen LogP contribution in [0.1, 0.15) is 44.2 Å². The Labute approximate surface area is 126 Å². The van der Waals surface area contributed by atoms with E-state index in [1.807, 2.05) is 24.4 Å². The predicted molar refractivity (Wildman–Crippen MR) is 84.1 cm³/mol. The molecule has 1 aliphatic rings. The Balaban J connectivity index is 1.38. The lowest BCUT2D eigenvalue weighted by Gasteiger charge is -2.27. The minimum atomic E-state index is -0.0582. The van der Waals surface area contributed by atoms with Gasteiger partial charge in [0.25, 0.3) is 0 Å². The van der Waals surface area contributed by atoms with Gasteiger partial charge in [0, 0.05) is 18.9 Å². The smallest absolute Gasteiger partial charge is 0.137 e. The van der Waals surface area contributed by atoms with E-state index in [0.717, 1.165) is 43.7 Å². The molecule has 4 heteroatoms. The molecular formula is C17H25N3O. The van der Waals surface area contributed by atoms with E-state index in [1.165, 1.54) is 19.3 Å². The van der Waals surface area contributed by atoms with Crippen molar-refractivity contribution in [3.05, 3.63) is 36.3 Å². The minimum absolute atomic E-state index is 0.0582. The zero-order valence-corrected chi connectivity index (χ0v) is 12.5. The highest BCUT2D eigenvalue weighted by molar-refractivity contribution is 5.39. The maximum atomic E-state index is 9.95. The van der Waals surface area contributed by atoms with Gasteiger partial charge in [0.05, 0.1) is 11.8 Å². The summed E-state index contributed by atoms with van der Waals surface area (Å²) in [6.45, 7) is 1.81. The lowest BCUT2D eigenvalue weighted by atomic mass is 9.83. The quantitative estimate of drug-likeness (QED) is 0.803. The van der Waals surface area contributed by atoms with Crippen LogP contribution in [0.2, 0.25) is 0 Å². The number of pyridine rings is 1. The van der Waals surface area contributed by atoms with Crippen molar-refractivity contribution < 1.29 is 5.11 Å². The first-order chi connectivity index (χ1) is 10.3. The van der Waals surface area contributed by atoms with E-state index in [2.05, 4.69) is 20.9 Å². The molecule has 1 fully saturated rings. The fourth-order valence-electron chi connectivity index (χ4n) is 3.30. The maximum Gasteiger partial charge on any atom is 0.137 e. The highest BCUT2D eigenvalue weighted by Gasteiger charge is 2.21. The number of imidazole rings is 1. The van der Waals surface area contributed by atoms with Crippen molar-refractivity contribution in [1.29, 1.82) is 0 Å². The first-order valence-electron chi connectivity index (χ1n) is 8.14. The van der Waals surface area contributed by atoms with Gasteiger partial charge in [-0.3, -0.25) is 0 Å². The van der Waals surface area contributed by atoms with E-state index in [9.17, 15) is 5.11 Å². The molecule has 114 valence electrons. The number of aliphatic hydroxyl groups is 1. The molecule has 2 atom stereocenters. The minimum Gasteiger partial charge on any atom is -0.393 e. The van der Waals surface area contributed by atoms with Crippen LogP contribution in [-0.2, 0) is 6.54 Å². The summed E-state index contributed by atoms with van der Waals surface area (Å²) in [6.07, 6.45) is 11.0. The summed E-state index contributed by atoms with van der Waals surface area (Å²) < 4.78 is 2.05.